The standard InChI is InChI=1S/C17H23NO5/c19-15-8-6-12(7-9-16(20)21)13(10-15)11-23-17(22)18-14-4-2-1-3-5-14/h6,8,10,14,19H,1-5,7,9,11H2,(H,18,22)(H,20,21). The Kier molecular flexibility index (Phi) is 6.26. The Hall–Kier alpha value is -2.24. The highest BCUT2D eigenvalue weighted by Crippen LogP contribution is 2.20. The van der Waals surface area contributed by atoms with Crippen LogP contribution in [0.1, 0.15) is 49.7 Å². The van der Waals surface area contributed by atoms with Gasteiger partial charge >= 0.3 is 12.1 Å². The van der Waals surface area contributed by atoms with Crippen LogP contribution in [-0.4, -0.2) is 28.3 Å². The summed E-state index contributed by atoms with van der Waals surface area (Å²) in [6, 6.07) is 4.84. The van der Waals surface area contributed by atoms with Crippen molar-refractivity contribution in [2.75, 3.05) is 0 Å². The van der Waals surface area contributed by atoms with E-state index in [1.54, 1.807) is 6.07 Å². The highest BCUT2D eigenvalue weighted by atomic mass is 16.5. The van der Waals surface area contributed by atoms with Crippen LogP contribution in [-0.2, 0) is 22.6 Å². The molecule has 0 heterocycles. The third-order valence-electron chi connectivity index (χ3n) is 4.08. The zero-order valence-corrected chi connectivity index (χ0v) is 13.1. The number of carboxylic acids is 1. The zero-order chi connectivity index (χ0) is 16.7. The molecule has 2 rings (SSSR count). The lowest BCUT2D eigenvalue weighted by Gasteiger charge is -2.22. The molecule has 0 saturated heterocycles. The molecule has 0 bridgehead atoms. The number of amides is 1. The Morgan fingerprint density at radius 1 is 1.17 bits per heavy atom. The van der Waals surface area contributed by atoms with Crippen LogP contribution in [0.4, 0.5) is 4.79 Å². The van der Waals surface area contributed by atoms with E-state index in [0.29, 0.717) is 12.0 Å². The van der Waals surface area contributed by atoms with Crippen LogP contribution in [0.25, 0.3) is 0 Å². The predicted molar refractivity (Wildman–Crippen MR) is 84.3 cm³/mol. The number of carbonyl (C=O) groups is 2. The molecule has 6 heteroatoms. The lowest BCUT2D eigenvalue weighted by Crippen LogP contribution is -2.36. The number of phenols is 1. The number of hydrogen-bond acceptors (Lipinski definition) is 4. The Morgan fingerprint density at radius 3 is 2.61 bits per heavy atom. The van der Waals surface area contributed by atoms with Crippen LogP contribution < -0.4 is 5.32 Å². The third-order valence-corrected chi connectivity index (χ3v) is 4.08. The average molecular weight is 321 g/mol. The summed E-state index contributed by atoms with van der Waals surface area (Å²) < 4.78 is 5.22. The molecular formula is C17H23NO5. The van der Waals surface area contributed by atoms with E-state index in [1.165, 1.54) is 18.6 Å². The molecule has 0 radical (unpaired) electrons. The first-order valence-electron chi connectivity index (χ1n) is 8.00. The topological polar surface area (TPSA) is 95.9 Å². The molecule has 1 aliphatic rings. The molecule has 0 unspecified atom stereocenters. The quantitative estimate of drug-likeness (QED) is 0.748. The van der Waals surface area contributed by atoms with Gasteiger partial charge in [-0.05, 0) is 42.5 Å². The van der Waals surface area contributed by atoms with Gasteiger partial charge in [0.2, 0.25) is 0 Å². The fourth-order valence-corrected chi connectivity index (χ4v) is 2.83. The number of aromatic hydroxyl groups is 1. The van der Waals surface area contributed by atoms with Gasteiger partial charge in [-0.3, -0.25) is 4.79 Å². The van der Waals surface area contributed by atoms with Gasteiger partial charge in [0.15, 0.2) is 0 Å². The number of aryl methyl sites for hydroxylation is 1. The summed E-state index contributed by atoms with van der Waals surface area (Å²) in [7, 11) is 0. The Bertz CT molecular complexity index is 552. The number of aliphatic carboxylic acids is 1. The van der Waals surface area contributed by atoms with E-state index in [9.17, 15) is 14.7 Å². The number of alkyl carbamates (subject to hydrolysis) is 1. The van der Waals surface area contributed by atoms with Gasteiger partial charge in [-0.15, -0.1) is 0 Å². The minimum absolute atomic E-state index is 0.00789. The molecule has 0 atom stereocenters. The first kappa shape index (κ1) is 17.1. The van der Waals surface area contributed by atoms with Crippen LogP contribution in [0.5, 0.6) is 5.75 Å². The summed E-state index contributed by atoms with van der Waals surface area (Å²) in [4.78, 5) is 22.6. The fourth-order valence-electron chi connectivity index (χ4n) is 2.83. The highest BCUT2D eigenvalue weighted by Gasteiger charge is 2.16. The lowest BCUT2D eigenvalue weighted by atomic mass is 9.96. The average Bonchev–Trinajstić information content (AvgIpc) is 2.53. The van der Waals surface area contributed by atoms with Crippen LogP contribution in [0.2, 0.25) is 0 Å². The van der Waals surface area contributed by atoms with Crippen molar-refractivity contribution in [3.05, 3.63) is 29.3 Å². The summed E-state index contributed by atoms with van der Waals surface area (Å²) in [5.74, 6) is -0.824. The van der Waals surface area contributed by atoms with Crippen molar-refractivity contribution in [2.24, 2.45) is 0 Å². The van der Waals surface area contributed by atoms with Gasteiger partial charge in [0, 0.05) is 12.5 Å². The molecule has 1 amide bonds. The first-order chi connectivity index (χ1) is 11.0. The largest absolute Gasteiger partial charge is 0.508 e. The van der Waals surface area contributed by atoms with Gasteiger partial charge in [-0.25, -0.2) is 4.79 Å². The maximum Gasteiger partial charge on any atom is 0.407 e. The normalized spacial score (nSPS) is 15.1. The molecule has 1 aliphatic carbocycles. The molecule has 1 saturated carbocycles. The second-order valence-corrected chi connectivity index (χ2v) is 5.90. The molecule has 1 fully saturated rings. The minimum Gasteiger partial charge on any atom is -0.508 e. The molecule has 0 spiro atoms. The summed E-state index contributed by atoms with van der Waals surface area (Å²) in [6.07, 6.45) is 5.27. The Balaban J connectivity index is 1.89. The van der Waals surface area contributed by atoms with Crippen molar-refractivity contribution in [3.8, 4) is 5.75 Å². The van der Waals surface area contributed by atoms with E-state index < -0.39 is 12.1 Å². The summed E-state index contributed by atoms with van der Waals surface area (Å²) in [5, 5.41) is 21.2. The SMILES string of the molecule is O=C(O)CCc1ccc(O)cc1COC(=O)NC1CCCCC1. The van der Waals surface area contributed by atoms with E-state index in [4.69, 9.17) is 9.84 Å². The Labute approximate surface area is 135 Å². The Morgan fingerprint density at radius 2 is 1.91 bits per heavy atom. The molecule has 23 heavy (non-hydrogen) atoms. The number of phenolic OH excluding ortho intramolecular Hbond substituents is 1. The number of benzene rings is 1. The smallest absolute Gasteiger partial charge is 0.407 e. The van der Waals surface area contributed by atoms with Crippen LogP contribution in [0.15, 0.2) is 18.2 Å². The second kappa shape index (κ2) is 8.41. The number of rotatable bonds is 6. The number of nitrogens with one attached hydrogen (secondary N) is 1. The van der Waals surface area contributed by atoms with Crippen molar-refractivity contribution < 1.29 is 24.5 Å². The number of ether oxygens (including phenoxy) is 1. The number of carbonyl (C=O) groups excluding carboxylic acids is 1. The van der Waals surface area contributed by atoms with Gasteiger partial charge < -0.3 is 20.3 Å². The third kappa shape index (κ3) is 5.81. The van der Waals surface area contributed by atoms with Crippen LogP contribution in [0, 0.1) is 0 Å². The van der Waals surface area contributed by atoms with E-state index in [1.807, 2.05) is 0 Å². The van der Waals surface area contributed by atoms with Gasteiger partial charge in [0.05, 0.1) is 0 Å². The monoisotopic (exact) mass is 321 g/mol. The number of carboxylic acid groups (broad SMARTS) is 1. The van der Waals surface area contributed by atoms with Gasteiger partial charge in [0.1, 0.15) is 12.4 Å². The molecule has 3 N–H and O–H groups in total. The molecule has 0 aromatic heterocycles. The van der Waals surface area contributed by atoms with Crippen molar-refractivity contribution in [1.29, 1.82) is 0 Å². The first-order valence-corrected chi connectivity index (χ1v) is 8.00. The molecule has 1 aromatic carbocycles. The molecule has 6 nitrogen and oxygen atoms in total. The number of hydrogen-bond donors (Lipinski definition) is 3. The fraction of sp³-hybridized carbons (Fsp3) is 0.529. The second-order valence-electron chi connectivity index (χ2n) is 5.90. The van der Waals surface area contributed by atoms with E-state index in [0.717, 1.165) is 31.2 Å². The lowest BCUT2D eigenvalue weighted by molar-refractivity contribution is -0.136. The summed E-state index contributed by atoms with van der Waals surface area (Å²) >= 11 is 0. The van der Waals surface area contributed by atoms with Gasteiger partial charge in [-0.1, -0.05) is 25.3 Å². The van der Waals surface area contributed by atoms with Gasteiger partial charge in [-0.2, -0.15) is 0 Å². The van der Waals surface area contributed by atoms with Gasteiger partial charge in [0.25, 0.3) is 0 Å². The molecule has 1 aromatic rings. The molecule has 126 valence electrons. The van der Waals surface area contributed by atoms with E-state index >= 15 is 0 Å². The molecular weight excluding hydrogens is 298 g/mol. The highest BCUT2D eigenvalue weighted by molar-refractivity contribution is 5.68. The summed E-state index contributed by atoms with van der Waals surface area (Å²) in [6.45, 7) is 0.0158. The van der Waals surface area contributed by atoms with Crippen molar-refractivity contribution in [3.63, 3.8) is 0 Å². The predicted octanol–water partition coefficient (Wildman–Crippen LogP) is 2.97. The van der Waals surface area contributed by atoms with Crippen LogP contribution in [0.3, 0.4) is 0 Å². The maximum atomic E-state index is 11.9. The van der Waals surface area contributed by atoms with Crippen LogP contribution >= 0.6 is 0 Å². The van der Waals surface area contributed by atoms with E-state index in [-0.39, 0.29) is 24.8 Å². The maximum absolute atomic E-state index is 11.9. The minimum atomic E-state index is -0.889. The van der Waals surface area contributed by atoms with E-state index in [2.05, 4.69) is 5.32 Å². The zero-order valence-electron chi connectivity index (χ0n) is 13.1. The molecule has 0 aliphatic heterocycles. The van der Waals surface area contributed by atoms with Crippen molar-refractivity contribution >= 4 is 12.1 Å². The summed E-state index contributed by atoms with van der Waals surface area (Å²) in [5.41, 5.74) is 1.39. The van der Waals surface area contributed by atoms with Crippen molar-refractivity contribution in [2.45, 2.75) is 57.6 Å². The van der Waals surface area contributed by atoms with Crippen molar-refractivity contribution in [1.82, 2.24) is 5.32 Å².